The minimum Gasteiger partial charge on any atom is -0.456 e. The second-order valence-corrected chi connectivity index (χ2v) is 9.34. The molecular weight excluding hydrogens is 444 g/mol. The van der Waals surface area contributed by atoms with Gasteiger partial charge in [0.25, 0.3) is 0 Å². The lowest BCUT2D eigenvalue weighted by atomic mass is 10.1. The molecule has 1 amide bonds. The Morgan fingerprint density at radius 1 is 1.09 bits per heavy atom. The van der Waals surface area contributed by atoms with E-state index in [1.54, 1.807) is 17.5 Å². The zero-order valence-corrected chi connectivity index (χ0v) is 20.0. The summed E-state index contributed by atoms with van der Waals surface area (Å²) < 4.78 is 9.29. The predicted molar refractivity (Wildman–Crippen MR) is 137 cm³/mol. The van der Waals surface area contributed by atoms with Crippen molar-refractivity contribution in [2.45, 2.75) is 20.3 Å². The van der Waals surface area contributed by atoms with Crippen LogP contribution in [0.2, 0.25) is 0 Å². The standard InChI is InChI=1S/C27H24N4O2S/c1-17-13-18(2)29-24(14-17)30-25(32)15-19-7-9-21(10-8-19)33-22-6-4-5-20-16-23(34-26(20)22)27-28-11-12-31(27)3/h4-14,16H,15H2,1-3H3,(H,29,30,32). The van der Waals surface area contributed by atoms with E-state index in [0.29, 0.717) is 5.82 Å². The van der Waals surface area contributed by atoms with Crippen LogP contribution in [-0.4, -0.2) is 20.4 Å². The van der Waals surface area contributed by atoms with Crippen LogP contribution in [0.15, 0.2) is 73.1 Å². The van der Waals surface area contributed by atoms with E-state index in [9.17, 15) is 4.79 Å². The third-order valence-electron chi connectivity index (χ3n) is 5.43. The fraction of sp³-hybridized carbons (Fsp3) is 0.148. The highest BCUT2D eigenvalue weighted by atomic mass is 32.1. The second kappa shape index (κ2) is 9.11. The SMILES string of the molecule is Cc1cc(C)nc(NC(=O)Cc2ccc(Oc3cccc4cc(-c5nccn5C)sc34)cc2)c1. The van der Waals surface area contributed by atoms with Crippen molar-refractivity contribution in [2.24, 2.45) is 7.05 Å². The van der Waals surface area contributed by atoms with Crippen LogP contribution in [-0.2, 0) is 18.3 Å². The van der Waals surface area contributed by atoms with E-state index in [0.717, 1.165) is 49.1 Å². The molecule has 0 spiro atoms. The lowest BCUT2D eigenvalue weighted by Crippen LogP contribution is -2.15. The van der Waals surface area contributed by atoms with Gasteiger partial charge in [0.05, 0.1) is 16.0 Å². The van der Waals surface area contributed by atoms with Gasteiger partial charge in [-0.15, -0.1) is 11.3 Å². The number of nitrogens with one attached hydrogen (secondary N) is 1. The number of benzene rings is 2. The topological polar surface area (TPSA) is 69.0 Å². The van der Waals surface area contributed by atoms with Crippen LogP contribution in [0.1, 0.15) is 16.8 Å². The van der Waals surface area contributed by atoms with Gasteiger partial charge in [0, 0.05) is 25.1 Å². The van der Waals surface area contributed by atoms with E-state index in [1.165, 1.54) is 0 Å². The summed E-state index contributed by atoms with van der Waals surface area (Å²) in [4.78, 5) is 22.4. The summed E-state index contributed by atoms with van der Waals surface area (Å²) in [5.74, 6) is 2.94. The third kappa shape index (κ3) is 4.70. The largest absolute Gasteiger partial charge is 0.456 e. The number of amides is 1. The number of carbonyl (C=O) groups excluding carboxylic acids is 1. The van der Waals surface area contributed by atoms with Crippen LogP contribution in [0.4, 0.5) is 5.82 Å². The number of hydrogen-bond acceptors (Lipinski definition) is 5. The van der Waals surface area contributed by atoms with Crippen molar-refractivity contribution in [3.63, 3.8) is 0 Å². The van der Waals surface area contributed by atoms with Gasteiger partial charge in [-0.1, -0.05) is 24.3 Å². The molecule has 0 atom stereocenters. The van der Waals surface area contributed by atoms with Crippen molar-refractivity contribution < 1.29 is 9.53 Å². The van der Waals surface area contributed by atoms with Gasteiger partial charge in [-0.05, 0) is 66.8 Å². The normalized spacial score (nSPS) is 11.0. The van der Waals surface area contributed by atoms with Gasteiger partial charge in [0.1, 0.15) is 23.1 Å². The lowest BCUT2D eigenvalue weighted by molar-refractivity contribution is -0.115. The summed E-state index contributed by atoms with van der Waals surface area (Å²) in [6, 6.07) is 19.6. The maximum Gasteiger partial charge on any atom is 0.229 e. The van der Waals surface area contributed by atoms with Gasteiger partial charge < -0.3 is 14.6 Å². The molecule has 170 valence electrons. The average Bonchev–Trinajstić information content (AvgIpc) is 3.40. The molecule has 6 nitrogen and oxygen atoms in total. The van der Waals surface area contributed by atoms with Gasteiger partial charge in [-0.3, -0.25) is 4.79 Å². The number of anilines is 1. The van der Waals surface area contributed by atoms with E-state index in [2.05, 4.69) is 27.4 Å². The Morgan fingerprint density at radius 2 is 1.91 bits per heavy atom. The summed E-state index contributed by atoms with van der Waals surface area (Å²) in [5.41, 5.74) is 2.85. The summed E-state index contributed by atoms with van der Waals surface area (Å²) in [5, 5.41) is 4.00. The molecule has 3 heterocycles. The molecule has 0 aliphatic rings. The Morgan fingerprint density at radius 3 is 2.65 bits per heavy atom. The predicted octanol–water partition coefficient (Wildman–Crippen LogP) is 6.29. The Kier molecular flexibility index (Phi) is 5.86. The van der Waals surface area contributed by atoms with E-state index < -0.39 is 0 Å². The first-order chi connectivity index (χ1) is 16.4. The summed E-state index contributed by atoms with van der Waals surface area (Å²) in [6.07, 6.45) is 4.01. The maximum absolute atomic E-state index is 12.5. The number of fused-ring (bicyclic) bond motifs is 1. The molecule has 5 aromatic rings. The first-order valence-corrected chi connectivity index (χ1v) is 11.8. The monoisotopic (exact) mass is 468 g/mol. The molecule has 34 heavy (non-hydrogen) atoms. The zero-order chi connectivity index (χ0) is 23.7. The Labute approximate surface area is 201 Å². The minimum atomic E-state index is -0.101. The maximum atomic E-state index is 12.5. The molecule has 5 rings (SSSR count). The van der Waals surface area contributed by atoms with Gasteiger partial charge in [0.2, 0.25) is 5.91 Å². The number of ether oxygens (including phenoxy) is 1. The van der Waals surface area contributed by atoms with Gasteiger partial charge >= 0.3 is 0 Å². The van der Waals surface area contributed by atoms with Crippen molar-refractivity contribution in [2.75, 3.05) is 5.32 Å². The Bertz CT molecular complexity index is 1460. The molecule has 2 aromatic carbocycles. The number of aryl methyl sites for hydroxylation is 3. The van der Waals surface area contributed by atoms with Crippen LogP contribution < -0.4 is 10.1 Å². The molecular formula is C27H24N4O2S. The van der Waals surface area contributed by atoms with Gasteiger partial charge in [-0.25, -0.2) is 9.97 Å². The smallest absolute Gasteiger partial charge is 0.229 e. The minimum absolute atomic E-state index is 0.101. The summed E-state index contributed by atoms with van der Waals surface area (Å²) >= 11 is 1.66. The Balaban J connectivity index is 1.29. The van der Waals surface area contributed by atoms with Gasteiger partial charge in [0.15, 0.2) is 0 Å². The quantitative estimate of drug-likeness (QED) is 0.318. The van der Waals surface area contributed by atoms with Gasteiger partial charge in [-0.2, -0.15) is 0 Å². The molecule has 1 N–H and O–H groups in total. The van der Waals surface area contributed by atoms with Crippen molar-refractivity contribution in [1.82, 2.24) is 14.5 Å². The zero-order valence-electron chi connectivity index (χ0n) is 19.2. The van der Waals surface area contributed by atoms with E-state index >= 15 is 0 Å². The number of aromatic nitrogens is 3. The lowest BCUT2D eigenvalue weighted by Gasteiger charge is -2.09. The molecule has 0 unspecified atom stereocenters. The highest BCUT2D eigenvalue weighted by Gasteiger charge is 2.13. The highest BCUT2D eigenvalue weighted by Crippen LogP contribution is 2.39. The fourth-order valence-corrected chi connectivity index (χ4v) is 5.06. The second-order valence-electron chi connectivity index (χ2n) is 8.29. The van der Waals surface area contributed by atoms with E-state index in [1.807, 2.05) is 80.2 Å². The summed E-state index contributed by atoms with van der Waals surface area (Å²) in [6.45, 7) is 3.90. The van der Waals surface area contributed by atoms with E-state index in [-0.39, 0.29) is 12.3 Å². The molecule has 0 radical (unpaired) electrons. The van der Waals surface area contributed by atoms with Crippen LogP contribution in [0.3, 0.4) is 0 Å². The number of nitrogens with zero attached hydrogens (tertiary/aromatic N) is 3. The molecule has 0 bridgehead atoms. The number of hydrogen-bond donors (Lipinski definition) is 1. The van der Waals surface area contributed by atoms with Crippen LogP contribution in [0.5, 0.6) is 11.5 Å². The van der Waals surface area contributed by atoms with Crippen molar-refractivity contribution >= 4 is 33.1 Å². The van der Waals surface area contributed by atoms with Crippen molar-refractivity contribution in [3.8, 4) is 22.2 Å². The number of rotatable bonds is 6. The number of imidazole rings is 1. The summed E-state index contributed by atoms with van der Waals surface area (Å²) in [7, 11) is 1.99. The third-order valence-corrected chi connectivity index (χ3v) is 6.59. The Hall–Kier alpha value is -3.97. The number of thiophene rings is 1. The van der Waals surface area contributed by atoms with E-state index in [4.69, 9.17) is 4.74 Å². The van der Waals surface area contributed by atoms with Crippen LogP contribution in [0, 0.1) is 13.8 Å². The molecule has 7 heteroatoms. The number of pyridine rings is 1. The molecule has 0 aliphatic heterocycles. The molecule has 0 aliphatic carbocycles. The van der Waals surface area contributed by atoms with Crippen LogP contribution in [0.25, 0.3) is 20.8 Å². The molecule has 0 saturated heterocycles. The fourth-order valence-electron chi connectivity index (χ4n) is 3.91. The average molecular weight is 469 g/mol. The van der Waals surface area contributed by atoms with Crippen molar-refractivity contribution in [3.05, 3.63) is 89.9 Å². The first kappa shape index (κ1) is 21.9. The molecule has 0 fully saturated rings. The molecule has 0 saturated carbocycles. The highest BCUT2D eigenvalue weighted by molar-refractivity contribution is 7.22. The number of carbonyl (C=O) groups is 1. The van der Waals surface area contributed by atoms with Crippen molar-refractivity contribution in [1.29, 1.82) is 0 Å². The van der Waals surface area contributed by atoms with Crippen LogP contribution >= 0.6 is 11.3 Å². The molecule has 3 aromatic heterocycles. The first-order valence-electron chi connectivity index (χ1n) is 11.0.